The molecule has 0 fully saturated rings. The summed E-state index contributed by atoms with van der Waals surface area (Å²) < 4.78 is 47.4. The topological polar surface area (TPSA) is 114 Å². The number of fused-ring (bicyclic) bond motifs is 3. The number of hydrogen-bond donors (Lipinski definition) is 2. The summed E-state index contributed by atoms with van der Waals surface area (Å²) in [6, 6.07) is 1.90. The average Bonchev–Trinajstić information content (AvgIpc) is 3.13. The Balaban J connectivity index is 2.14. The van der Waals surface area contributed by atoms with E-state index in [1.54, 1.807) is 27.7 Å². The molecule has 12 heteroatoms. The van der Waals surface area contributed by atoms with Crippen molar-refractivity contribution in [2.45, 2.75) is 65.1 Å². The van der Waals surface area contributed by atoms with Crippen LogP contribution in [-0.4, -0.2) is 62.4 Å². The zero-order valence-electron chi connectivity index (χ0n) is 20.3. The van der Waals surface area contributed by atoms with Crippen LogP contribution in [0, 0.1) is 0 Å². The Kier molecular flexibility index (Phi) is 7.19. The minimum atomic E-state index is -4.63. The van der Waals surface area contributed by atoms with E-state index in [2.05, 4.69) is 4.98 Å². The van der Waals surface area contributed by atoms with Crippen LogP contribution in [0.5, 0.6) is 0 Å². The molecule has 0 spiro atoms. The number of anilines is 1. The lowest BCUT2D eigenvalue weighted by Gasteiger charge is -2.36. The number of esters is 1. The molecule has 2 atom stereocenters. The molecule has 0 saturated heterocycles. The van der Waals surface area contributed by atoms with Gasteiger partial charge in [0, 0.05) is 19.1 Å². The van der Waals surface area contributed by atoms with E-state index < -0.39 is 41.5 Å². The number of ether oxygens (including phenoxy) is 1. The highest BCUT2D eigenvalue weighted by atomic mass is 19.4. The van der Waals surface area contributed by atoms with E-state index in [4.69, 9.17) is 10.5 Å². The minimum absolute atomic E-state index is 0.00858. The minimum Gasteiger partial charge on any atom is -0.455 e. The lowest BCUT2D eigenvalue weighted by atomic mass is 10.1. The van der Waals surface area contributed by atoms with E-state index in [0.717, 1.165) is 17.0 Å². The van der Waals surface area contributed by atoms with Crippen LogP contribution in [0.25, 0.3) is 5.69 Å². The SMILES string of the molecule is C[C@@H](N)CN(C[C@@H](C)O)C(=O)N1Cc2c(C(=O)OC(C)(C)C)ncn2-c2ccc(C(F)(F)F)cc21. The molecule has 2 amide bonds. The summed E-state index contributed by atoms with van der Waals surface area (Å²) in [5, 5.41) is 9.90. The number of alkyl halides is 3. The average molecular weight is 498 g/mol. The Morgan fingerprint density at radius 3 is 2.40 bits per heavy atom. The van der Waals surface area contributed by atoms with Gasteiger partial charge in [-0.15, -0.1) is 0 Å². The van der Waals surface area contributed by atoms with Gasteiger partial charge in [-0.3, -0.25) is 9.47 Å². The lowest BCUT2D eigenvalue weighted by molar-refractivity contribution is -0.137. The van der Waals surface area contributed by atoms with Crippen molar-refractivity contribution < 1.29 is 32.6 Å². The molecule has 2 aromatic rings. The third-order valence-corrected chi connectivity index (χ3v) is 5.11. The van der Waals surface area contributed by atoms with Crippen molar-refractivity contribution in [2.24, 2.45) is 5.73 Å². The van der Waals surface area contributed by atoms with Crippen LogP contribution in [0.3, 0.4) is 0 Å². The summed E-state index contributed by atoms with van der Waals surface area (Å²) >= 11 is 0. The number of benzene rings is 1. The maximum absolute atomic E-state index is 13.6. The van der Waals surface area contributed by atoms with Gasteiger partial charge in [0.25, 0.3) is 0 Å². The Bertz CT molecular complexity index is 1100. The number of rotatable bonds is 5. The van der Waals surface area contributed by atoms with Gasteiger partial charge in [-0.2, -0.15) is 13.2 Å². The fourth-order valence-corrected chi connectivity index (χ4v) is 3.82. The fourth-order valence-electron chi connectivity index (χ4n) is 3.82. The second kappa shape index (κ2) is 9.50. The monoisotopic (exact) mass is 497 g/mol. The second-order valence-electron chi connectivity index (χ2n) is 9.71. The Hall–Kier alpha value is -3.12. The smallest absolute Gasteiger partial charge is 0.416 e. The first kappa shape index (κ1) is 26.5. The number of carbonyl (C=O) groups is 2. The molecule has 1 aliphatic rings. The first-order chi connectivity index (χ1) is 16.1. The number of nitrogens with two attached hydrogens (primary N) is 1. The maximum Gasteiger partial charge on any atom is 0.416 e. The van der Waals surface area contributed by atoms with Crippen LogP contribution in [0.2, 0.25) is 0 Å². The van der Waals surface area contributed by atoms with Gasteiger partial charge in [0.05, 0.1) is 35.3 Å². The molecule has 2 heterocycles. The fraction of sp³-hybridized carbons (Fsp3) is 0.522. The van der Waals surface area contributed by atoms with E-state index in [9.17, 15) is 27.9 Å². The number of amides is 2. The highest BCUT2D eigenvalue weighted by molar-refractivity contribution is 5.97. The number of aliphatic hydroxyl groups excluding tert-OH is 1. The Morgan fingerprint density at radius 2 is 1.86 bits per heavy atom. The van der Waals surface area contributed by atoms with Crippen LogP contribution in [0.1, 0.15) is 56.4 Å². The van der Waals surface area contributed by atoms with E-state index in [1.165, 1.54) is 28.8 Å². The van der Waals surface area contributed by atoms with Crippen molar-refractivity contribution in [1.82, 2.24) is 14.5 Å². The summed E-state index contributed by atoms with van der Waals surface area (Å²) in [5.41, 5.74) is 4.62. The standard InChI is InChI=1S/C23H30F3N5O4/c1-13(27)9-29(10-14(2)32)21(34)30-11-18-19(20(33)35-22(3,4)5)28-12-31(18)16-7-6-15(8-17(16)30)23(24,25)26/h6-8,12-14,32H,9-11,27H2,1-5H3/t13-,14-/m1/s1. The zero-order chi connectivity index (χ0) is 26.3. The van der Waals surface area contributed by atoms with Crippen LogP contribution in [0.15, 0.2) is 24.5 Å². The number of imidazole rings is 1. The number of urea groups is 1. The molecule has 9 nitrogen and oxygen atoms in total. The Morgan fingerprint density at radius 1 is 1.20 bits per heavy atom. The van der Waals surface area contributed by atoms with Crippen molar-refractivity contribution in [2.75, 3.05) is 18.0 Å². The molecule has 3 rings (SSSR count). The summed E-state index contributed by atoms with van der Waals surface area (Å²) in [4.78, 5) is 32.9. The number of aromatic nitrogens is 2. The number of nitrogens with zero attached hydrogens (tertiary/aromatic N) is 4. The molecule has 0 unspecified atom stereocenters. The maximum atomic E-state index is 13.6. The molecule has 192 valence electrons. The summed E-state index contributed by atoms with van der Waals surface area (Å²) in [5.74, 6) is -0.717. The highest BCUT2D eigenvalue weighted by Gasteiger charge is 2.38. The predicted octanol–water partition coefficient (Wildman–Crippen LogP) is 3.32. The third-order valence-electron chi connectivity index (χ3n) is 5.11. The number of carbonyl (C=O) groups excluding carboxylic acids is 2. The quantitative estimate of drug-likeness (QED) is 0.613. The second-order valence-corrected chi connectivity index (χ2v) is 9.71. The molecule has 1 aromatic heterocycles. The van der Waals surface area contributed by atoms with Gasteiger partial charge < -0.3 is 20.5 Å². The predicted molar refractivity (Wildman–Crippen MR) is 122 cm³/mol. The normalized spacial score (nSPS) is 15.2. The van der Waals surface area contributed by atoms with Gasteiger partial charge in [0.2, 0.25) is 0 Å². The van der Waals surface area contributed by atoms with Crippen molar-refractivity contribution >= 4 is 17.7 Å². The van der Waals surface area contributed by atoms with Crippen molar-refractivity contribution in [3.63, 3.8) is 0 Å². The van der Waals surface area contributed by atoms with Gasteiger partial charge in [0.1, 0.15) is 11.9 Å². The summed E-state index contributed by atoms with van der Waals surface area (Å²) in [7, 11) is 0. The van der Waals surface area contributed by atoms with Gasteiger partial charge in [-0.1, -0.05) is 0 Å². The summed E-state index contributed by atoms with van der Waals surface area (Å²) in [6.45, 7) is 7.98. The lowest BCUT2D eigenvalue weighted by Crippen LogP contribution is -2.50. The van der Waals surface area contributed by atoms with Crippen LogP contribution in [-0.2, 0) is 17.5 Å². The number of halogens is 3. The van der Waals surface area contributed by atoms with Crippen molar-refractivity contribution in [3.05, 3.63) is 41.5 Å². The third kappa shape index (κ3) is 5.93. The van der Waals surface area contributed by atoms with E-state index >= 15 is 0 Å². The van der Waals surface area contributed by atoms with Gasteiger partial charge in [0.15, 0.2) is 5.69 Å². The number of aliphatic hydroxyl groups is 1. The first-order valence-corrected chi connectivity index (χ1v) is 11.1. The van der Waals surface area contributed by atoms with Crippen molar-refractivity contribution in [1.29, 1.82) is 0 Å². The number of hydrogen-bond acceptors (Lipinski definition) is 6. The molecule has 0 radical (unpaired) electrons. The van der Waals surface area contributed by atoms with Crippen molar-refractivity contribution in [3.8, 4) is 5.69 Å². The highest BCUT2D eigenvalue weighted by Crippen LogP contribution is 2.39. The van der Waals surface area contributed by atoms with E-state index in [1.807, 2.05) is 0 Å². The van der Waals surface area contributed by atoms with Gasteiger partial charge in [-0.25, -0.2) is 14.6 Å². The van der Waals surface area contributed by atoms with Crippen LogP contribution >= 0.6 is 0 Å². The van der Waals surface area contributed by atoms with Crippen LogP contribution in [0.4, 0.5) is 23.7 Å². The Labute approximate surface area is 201 Å². The zero-order valence-corrected chi connectivity index (χ0v) is 20.3. The molecular formula is C23H30F3N5O4. The van der Waals surface area contributed by atoms with Gasteiger partial charge in [-0.05, 0) is 52.8 Å². The molecular weight excluding hydrogens is 467 g/mol. The molecule has 0 aliphatic carbocycles. The molecule has 1 aliphatic heterocycles. The molecule has 0 saturated carbocycles. The van der Waals surface area contributed by atoms with Gasteiger partial charge >= 0.3 is 18.2 Å². The van der Waals surface area contributed by atoms with E-state index in [-0.39, 0.29) is 42.4 Å². The first-order valence-electron chi connectivity index (χ1n) is 11.1. The molecule has 1 aromatic carbocycles. The van der Waals surface area contributed by atoms with E-state index in [0.29, 0.717) is 0 Å². The molecule has 35 heavy (non-hydrogen) atoms. The summed E-state index contributed by atoms with van der Waals surface area (Å²) in [6.07, 6.45) is -4.21. The molecule has 3 N–H and O–H groups in total. The van der Waals surface area contributed by atoms with Crippen LogP contribution < -0.4 is 10.6 Å². The molecule has 0 bridgehead atoms. The largest absolute Gasteiger partial charge is 0.455 e.